The van der Waals surface area contributed by atoms with Crippen molar-refractivity contribution in [3.8, 4) is 22.6 Å². The molecular weight excluding hydrogens is 647 g/mol. The number of halogens is 3. The third-order valence-corrected chi connectivity index (χ3v) is 8.80. The van der Waals surface area contributed by atoms with Crippen molar-refractivity contribution < 1.29 is 9.47 Å². The highest BCUT2D eigenvalue weighted by molar-refractivity contribution is 14.2. The van der Waals surface area contributed by atoms with Crippen LogP contribution >= 0.6 is 51.6 Å². The molecule has 3 heterocycles. The third-order valence-electron chi connectivity index (χ3n) is 6.18. The molecular formula is C24H25Cl2IN7O2P. The highest BCUT2D eigenvalue weighted by atomic mass is 127. The summed E-state index contributed by atoms with van der Waals surface area (Å²) in [5, 5.41) is 13.4. The fourth-order valence-corrected chi connectivity index (χ4v) is 6.60. The topological polar surface area (TPSA) is 89.4 Å². The fraction of sp³-hybridized carbons (Fsp3) is 0.292. The second-order valence-electron chi connectivity index (χ2n) is 8.56. The monoisotopic (exact) mass is 671 g/mol. The van der Waals surface area contributed by atoms with Crippen LogP contribution in [0.25, 0.3) is 22.0 Å². The summed E-state index contributed by atoms with van der Waals surface area (Å²) >= 11 is 15.7. The Morgan fingerprint density at radius 3 is 2.43 bits per heavy atom. The lowest BCUT2D eigenvalue weighted by Gasteiger charge is -2.31. The van der Waals surface area contributed by atoms with E-state index in [4.69, 9.17) is 37.8 Å². The van der Waals surface area contributed by atoms with Crippen LogP contribution in [-0.2, 0) is 0 Å². The Morgan fingerprint density at radius 1 is 1.11 bits per heavy atom. The summed E-state index contributed by atoms with van der Waals surface area (Å²) in [4.78, 5) is 11.4. The van der Waals surface area contributed by atoms with Crippen molar-refractivity contribution in [3.63, 3.8) is 0 Å². The van der Waals surface area contributed by atoms with Crippen molar-refractivity contribution in [3.05, 3.63) is 46.7 Å². The zero-order valence-corrected chi connectivity index (χ0v) is 25.0. The van der Waals surface area contributed by atoms with Gasteiger partial charge in [0.05, 0.1) is 54.2 Å². The number of ether oxygens (including phenoxy) is 2. The number of hydrogen-bond donors (Lipinski definition) is 2. The van der Waals surface area contributed by atoms with Gasteiger partial charge < -0.3 is 25.0 Å². The first-order valence-corrected chi connectivity index (χ1v) is 16.3. The van der Waals surface area contributed by atoms with Crippen molar-refractivity contribution in [1.82, 2.24) is 24.8 Å². The Morgan fingerprint density at radius 2 is 1.81 bits per heavy atom. The number of nitrogens with one attached hydrogen (secondary N) is 2. The molecule has 1 aliphatic rings. The van der Waals surface area contributed by atoms with E-state index in [9.17, 15) is 0 Å². The molecule has 1 unspecified atom stereocenters. The van der Waals surface area contributed by atoms with Gasteiger partial charge in [-0.05, 0) is 46.7 Å². The maximum Gasteiger partial charge on any atom is 0.225 e. The highest BCUT2D eigenvalue weighted by Crippen LogP contribution is 2.47. The molecule has 4 aromatic rings. The summed E-state index contributed by atoms with van der Waals surface area (Å²) in [5.41, 5.74) is 3.18. The minimum atomic E-state index is 0.384. The first-order valence-electron chi connectivity index (χ1n) is 11.5. The predicted molar refractivity (Wildman–Crippen MR) is 161 cm³/mol. The van der Waals surface area contributed by atoms with E-state index >= 15 is 0 Å². The molecule has 2 aromatic heterocycles. The summed E-state index contributed by atoms with van der Waals surface area (Å²) in [5.74, 6) is 2.43. The van der Waals surface area contributed by atoms with Crippen molar-refractivity contribution >= 4 is 80.0 Å². The number of anilines is 3. The smallest absolute Gasteiger partial charge is 0.225 e. The molecule has 0 bridgehead atoms. The van der Waals surface area contributed by atoms with Crippen molar-refractivity contribution in [2.75, 3.05) is 44.1 Å². The molecule has 13 heteroatoms. The van der Waals surface area contributed by atoms with Gasteiger partial charge in [0.15, 0.2) is 5.82 Å². The largest absolute Gasteiger partial charge is 0.495 e. The molecule has 9 nitrogen and oxygen atoms in total. The number of methoxy groups -OCH3 is 2. The minimum Gasteiger partial charge on any atom is -0.495 e. The van der Waals surface area contributed by atoms with E-state index in [1.807, 2.05) is 22.7 Å². The van der Waals surface area contributed by atoms with Gasteiger partial charge in [0.1, 0.15) is 11.5 Å². The Bertz CT molecular complexity index is 1410. The normalized spacial score (nSPS) is 16.1. The zero-order valence-electron chi connectivity index (χ0n) is 20.3. The maximum atomic E-state index is 6.67. The third kappa shape index (κ3) is 5.27. The van der Waals surface area contributed by atoms with Crippen LogP contribution in [0.2, 0.25) is 10.0 Å². The van der Waals surface area contributed by atoms with Crippen LogP contribution in [0.5, 0.6) is 11.5 Å². The van der Waals surface area contributed by atoms with Gasteiger partial charge in [0, 0.05) is 42.7 Å². The van der Waals surface area contributed by atoms with Crippen LogP contribution in [0.3, 0.4) is 0 Å². The van der Waals surface area contributed by atoms with Gasteiger partial charge in [-0.25, -0.2) is 14.4 Å². The number of piperazine rings is 1. The molecule has 2 atom stereocenters. The van der Waals surface area contributed by atoms with E-state index < -0.39 is 0 Å². The second kappa shape index (κ2) is 11.3. The SMILES string of the molecule is COc1cc(OC)c(Cl)c(-c2ccc3c(Nc4cnc(N5CCN[C@H](C)C5)nc4)nn(PI)c3c2)c1Cl. The van der Waals surface area contributed by atoms with Crippen molar-refractivity contribution in [2.45, 2.75) is 13.0 Å². The Labute approximate surface area is 239 Å². The molecule has 1 aliphatic heterocycles. The number of fused-ring (bicyclic) bond motifs is 1. The molecule has 194 valence electrons. The van der Waals surface area contributed by atoms with Crippen LogP contribution in [0.4, 0.5) is 17.5 Å². The minimum absolute atomic E-state index is 0.384. The van der Waals surface area contributed by atoms with Crippen LogP contribution < -0.4 is 25.0 Å². The molecule has 0 amide bonds. The molecule has 0 saturated carbocycles. The summed E-state index contributed by atoms with van der Waals surface area (Å²) in [7, 11) is 3.12. The number of benzene rings is 2. The Balaban J connectivity index is 1.48. The average molecular weight is 672 g/mol. The second-order valence-corrected chi connectivity index (χ2v) is 11.4. The number of aromatic nitrogens is 4. The number of rotatable bonds is 7. The first-order chi connectivity index (χ1) is 17.9. The van der Waals surface area contributed by atoms with Crippen molar-refractivity contribution in [2.24, 2.45) is 0 Å². The Kier molecular flexibility index (Phi) is 8.11. The molecule has 5 rings (SSSR count). The van der Waals surface area contributed by atoms with Gasteiger partial charge in [-0.2, -0.15) is 0 Å². The van der Waals surface area contributed by atoms with E-state index in [1.165, 1.54) is 0 Å². The van der Waals surface area contributed by atoms with Crippen LogP contribution in [-0.4, -0.2) is 59.4 Å². The molecule has 2 N–H and O–H groups in total. The van der Waals surface area contributed by atoms with Crippen LogP contribution in [0.1, 0.15) is 6.92 Å². The molecule has 0 spiro atoms. The van der Waals surface area contributed by atoms with Gasteiger partial charge in [0.2, 0.25) is 5.95 Å². The fourth-order valence-electron chi connectivity index (χ4n) is 4.37. The average Bonchev–Trinajstić information content (AvgIpc) is 3.26. The standard InChI is InChI=1S/C24H25Cl2IN7O2P/c1-13-12-33(7-6-28-13)24-29-10-15(11-30-24)31-23-16-5-4-14(8-17(16)34(32-23)37-27)20-21(25)18(35-2)9-19(36-3)22(20)26/h4-5,8-11,13,28,37H,6-7,12H2,1-3H3,(H,31,32)/t13-/m1/s1. The lowest BCUT2D eigenvalue weighted by Crippen LogP contribution is -2.49. The van der Waals surface area contributed by atoms with E-state index in [2.05, 4.69) is 54.5 Å². The van der Waals surface area contributed by atoms with E-state index in [1.54, 1.807) is 32.7 Å². The zero-order chi connectivity index (χ0) is 26.1. The number of nitrogens with zero attached hydrogens (tertiary/aromatic N) is 5. The first kappa shape index (κ1) is 26.5. The summed E-state index contributed by atoms with van der Waals surface area (Å²) in [6, 6.07) is 8.08. The summed E-state index contributed by atoms with van der Waals surface area (Å²) < 4.78 is 12.8. The summed E-state index contributed by atoms with van der Waals surface area (Å²) in [6.45, 7) is 4.85. The van der Waals surface area contributed by atoms with Crippen molar-refractivity contribution in [1.29, 1.82) is 0 Å². The predicted octanol–water partition coefficient (Wildman–Crippen LogP) is 6.15. The molecule has 0 radical (unpaired) electrons. The number of hydrogen-bond acceptors (Lipinski definition) is 8. The van der Waals surface area contributed by atoms with E-state index in [-0.39, 0.29) is 0 Å². The lowest BCUT2D eigenvalue weighted by atomic mass is 10.0. The van der Waals surface area contributed by atoms with E-state index in [0.29, 0.717) is 39.5 Å². The van der Waals surface area contributed by atoms with Gasteiger partial charge in [-0.15, -0.1) is 5.10 Å². The van der Waals surface area contributed by atoms with E-state index in [0.717, 1.165) is 53.6 Å². The van der Waals surface area contributed by atoms with Gasteiger partial charge in [-0.1, -0.05) is 29.3 Å². The molecule has 1 saturated heterocycles. The van der Waals surface area contributed by atoms with Gasteiger partial charge in [0.25, 0.3) is 0 Å². The quantitative estimate of drug-likeness (QED) is 0.179. The Hall–Kier alpha value is -2.11. The molecule has 37 heavy (non-hydrogen) atoms. The molecule has 2 aromatic carbocycles. The van der Waals surface area contributed by atoms with Gasteiger partial charge in [-0.3, -0.25) is 0 Å². The molecule has 0 aliphatic carbocycles. The van der Waals surface area contributed by atoms with Crippen LogP contribution in [0, 0.1) is 0 Å². The highest BCUT2D eigenvalue weighted by Gasteiger charge is 2.21. The van der Waals surface area contributed by atoms with Crippen LogP contribution in [0.15, 0.2) is 36.7 Å². The lowest BCUT2D eigenvalue weighted by molar-refractivity contribution is 0.395. The van der Waals surface area contributed by atoms with Gasteiger partial charge >= 0.3 is 0 Å². The molecule has 1 fully saturated rings. The maximum absolute atomic E-state index is 6.67. The summed E-state index contributed by atoms with van der Waals surface area (Å²) in [6.07, 6.45) is 3.97.